The lowest BCUT2D eigenvalue weighted by Crippen LogP contribution is -2.43. The van der Waals surface area contributed by atoms with Crippen molar-refractivity contribution in [1.82, 2.24) is 4.98 Å². The van der Waals surface area contributed by atoms with Gasteiger partial charge in [0.05, 0.1) is 11.4 Å². The Kier molecular flexibility index (Phi) is 5.21. The van der Waals surface area contributed by atoms with Crippen LogP contribution in [0, 0.1) is 0 Å². The molecular weight excluding hydrogens is 352 g/mol. The zero-order valence-corrected chi connectivity index (χ0v) is 17.3. The van der Waals surface area contributed by atoms with Gasteiger partial charge in [0.2, 0.25) is 0 Å². The Bertz CT molecular complexity index is 1060. The van der Waals surface area contributed by atoms with E-state index < -0.39 is 0 Å². The molecule has 2 aromatic carbocycles. The van der Waals surface area contributed by atoms with E-state index in [2.05, 4.69) is 67.3 Å². The van der Waals surface area contributed by atoms with Crippen LogP contribution in [-0.2, 0) is 5.54 Å². The first kappa shape index (κ1) is 19.4. The molecule has 4 rings (SSSR count). The van der Waals surface area contributed by atoms with Crippen LogP contribution in [0.15, 0.2) is 73.3 Å². The van der Waals surface area contributed by atoms with E-state index in [4.69, 9.17) is 10.7 Å². The molecule has 29 heavy (non-hydrogen) atoms. The molecule has 2 nitrogen and oxygen atoms in total. The average molecular weight is 381 g/mol. The van der Waals surface area contributed by atoms with Crippen molar-refractivity contribution in [1.29, 1.82) is 0 Å². The summed E-state index contributed by atoms with van der Waals surface area (Å²) in [5.41, 5.74) is 15.0. The maximum atomic E-state index is 6.52. The molecule has 1 fully saturated rings. The highest BCUT2D eigenvalue weighted by atomic mass is 14.8. The number of hydrogen-bond donors (Lipinski definition) is 1. The Hall–Kier alpha value is -2.97. The van der Waals surface area contributed by atoms with E-state index in [1.807, 2.05) is 26.0 Å². The third kappa shape index (κ3) is 3.68. The summed E-state index contributed by atoms with van der Waals surface area (Å²) >= 11 is 0. The van der Waals surface area contributed by atoms with Crippen molar-refractivity contribution in [3.63, 3.8) is 0 Å². The van der Waals surface area contributed by atoms with Gasteiger partial charge in [0.25, 0.3) is 0 Å². The van der Waals surface area contributed by atoms with Gasteiger partial charge in [0.1, 0.15) is 0 Å². The lowest BCUT2D eigenvalue weighted by atomic mass is 9.72. The summed E-state index contributed by atoms with van der Waals surface area (Å²) in [7, 11) is 0. The van der Waals surface area contributed by atoms with Crippen molar-refractivity contribution in [3.8, 4) is 22.4 Å². The summed E-state index contributed by atoms with van der Waals surface area (Å²) in [5.74, 6) is 0. The summed E-state index contributed by atoms with van der Waals surface area (Å²) in [5, 5.41) is 0. The molecule has 0 atom stereocenters. The van der Waals surface area contributed by atoms with Gasteiger partial charge >= 0.3 is 0 Å². The number of nitrogens with zero attached hydrogens (tertiary/aromatic N) is 1. The highest BCUT2D eigenvalue weighted by molar-refractivity contribution is 5.85. The van der Waals surface area contributed by atoms with Gasteiger partial charge < -0.3 is 5.73 Å². The van der Waals surface area contributed by atoms with Crippen LogP contribution in [0.5, 0.6) is 0 Å². The minimum Gasteiger partial charge on any atom is -0.321 e. The molecule has 1 saturated carbocycles. The van der Waals surface area contributed by atoms with Crippen LogP contribution < -0.4 is 5.73 Å². The fraction of sp³-hybridized carbons (Fsp3) is 0.222. The van der Waals surface area contributed by atoms with Gasteiger partial charge in [-0.2, -0.15) is 0 Å². The molecule has 0 spiro atoms. The summed E-state index contributed by atoms with van der Waals surface area (Å²) in [6, 6.07) is 21.3. The molecule has 1 heterocycles. The van der Waals surface area contributed by atoms with E-state index in [0.717, 1.165) is 52.1 Å². The summed E-state index contributed by atoms with van der Waals surface area (Å²) in [6.45, 7) is 8.22. The topological polar surface area (TPSA) is 38.9 Å². The van der Waals surface area contributed by atoms with E-state index >= 15 is 0 Å². The fourth-order valence-electron chi connectivity index (χ4n) is 4.02. The van der Waals surface area contributed by atoms with Gasteiger partial charge in [-0.3, -0.25) is 0 Å². The molecular formula is C27H28N2. The Labute approximate surface area is 173 Å². The molecule has 0 amide bonds. The highest BCUT2D eigenvalue weighted by Gasteiger charge is 2.34. The third-order valence-electron chi connectivity index (χ3n) is 5.90. The molecule has 3 aromatic rings. The zero-order chi connectivity index (χ0) is 20.4. The molecule has 0 saturated heterocycles. The lowest BCUT2D eigenvalue weighted by molar-refractivity contribution is 0.253. The van der Waals surface area contributed by atoms with Gasteiger partial charge in [0.15, 0.2) is 0 Å². The number of rotatable bonds is 5. The first-order chi connectivity index (χ1) is 14.0. The van der Waals surface area contributed by atoms with Crippen molar-refractivity contribution < 1.29 is 0 Å². The van der Waals surface area contributed by atoms with E-state index in [-0.39, 0.29) is 5.54 Å². The Morgan fingerprint density at radius 1 is 1.03 bits per heavy atom. The van der Waals surface area contributed by atoms with Crippen LogP contribution in [0.1, 0.15) is 49.9 Å². The van der Waals surface area contributed by atoms with E-state index in [1.54, 1.807) is 0 Å². The molecule has 1 aliphatic rings. The van der Waals surface area contributed by atoms with Crippen LogP contribution in [0.25, 0.3) is 34.0 Å². The predicted molar refractivity (Wildman–Crippen MR) is 124 cm³/mol. The molecule has 1 aromatic heterocycles. The zero-order valence-electron chi connectivity index (χ0n) is 17.3. The minimum atomic E-state index is -0.145. The summed E-state index contributed by atoms with van der Waals surface area (Å²) in [6.07, 6.45) is 7.43. The molecule has 0 aliphatic heterocycles. The number of hydrogen-bond acceptors (Lipinski definition) is 2. The molecule has 2 heteroatoms. The van der Waals surface area contributed by atoms with Crippen molar-refractivity contribution in [3.05, 3.63) is 90.1 Å². The van der Waals surface area contributed by atoms with Gasteiger partial charge in [0, 0.05) is 22.2 Å². The van der Waals surface area contributed by atoms with Crippen molar-refractivity contribution in [2.75, 3.05) is 0 Å². The lowest BCUT2D eigenvalue weighted by Gasteiger charge is -2.38. The van der Waals surface area contributed by atoms with Crippen molar-refractivity contribution in [2.24, 2.45) is 5.73 Å². The van der Waals surface area contributed by atoms with Crippen molar-refractivity contribution in [2.45, 2.75) is 38.6 Å². The molecule has 0 unspecified atom stereocenters. The minimum absolute atomic E-state index is 0.145. The molecule has 146 valence electrons. The standard InChI is InChI=1S/C27H28N2/c1-4-9-25-23(19(2)3)18-24(20-10-6-5-7-11-20)26(29-25)21-12-14-22(15-13-21)27(28)16-8-17-27/h4-7,9-15,18H,2,8,16-17,28H2,1,3H3/b9-4-. The molecule has 1 aliphatic carbocycles. The maximum Gasteiger partial charge on any atom is 0.0788 e. The Morgan fingerprint density at radius 3 is 2.28 bits per heavy atom. The number of aromatic nitrogens is 1. The Balaban J connectivity index is 1.88. The van der Waals surface area contributed by atoms with Gasteiger partial charge in [-0.15, -0.1) is 0 Å². The van der Waals surface area contributed by atoms with Crippen LogP contribution in [0.3, 0.4) is 0 Å². The van der Waals surface area contributed by atoms with Gasteiger partial charge in [-0.25, -0.2) is 4.98 Å². The molecule has 0 bridgehead atoms. The largest absolute Gasteiger partial charge is 0.321 e. The second-order valence-electron chi connectivity index (χ2n) is 8.05. The predicted octanol–water partition coefficient (Wildman–Crippen LogP) is 6.82. The first-order valence-corrected chi connectivity index (χ1v) is 10.3. The normalized spacial score (nSPS) is 15.3. The van der Waals surface area contributed by atoms with Crippen LogP contribution in [0.4, 0.5) is 0 Å². The van der Waals surface area contributed by atoms with Crippen LogP contribution in [0.2, 0.25) is 0 Å². The number of pyridine rings is 1. The monoisotopic (exact) mass is 380 g/mol. The van der Waals surface area contributed by atoms with Crippen LogP contribution >= 0.6 is 0 Å². The maximum absolute atomic E-state index is 6.52. The highest BCUT2D eigenvalue weighted by Crippen LogP contribution is 2.40. The van der Waals surface area contributed by atoms with Gasteiger partial charge in [-0.1, -0.05) is 67.3 Å². The van der Waals surface area contributed by atoms with Crippen LogP contribution in [-0.4, -0.2) is 4.98 Å². The first-order valence-electron chi connectivity index (χ1n) is 10.3. The second kappa shape index (κ2) is 7.81. The smallest absolute Gasteiger partial charge is 0.0788 e. The average Bonchev–Trinajstić information content (AvgIpc) is 2.72. The number of nitrogens with two attached hydrogens (primary N) is 1. The summed E-state index contributed by atoms with van der Waals surface area (Å²) < 4.78 is 0. The third-order valence-corrected chi connectivity index (χ3v) is 5.90. The van der Waals surface area contributed by atoms with E-state index in [1.165, 1.54) is 12.0 Å². The van der Waals surface area contributed by atoms with Gasteiger partial charge in [-0.05, 0) is 62.0 Å². The molecule has 2 N–H and O–H groups in total. The van der Waals surface area contributed by atoms with E-state index in [0.29, 0.717) is 0 Å². The number of benzene rings is 2. The quantitative estimate of drug-likeness (QED) is 0.527. The summed E-state index contributed by atoms with van der Waals surface area (Å²) in [4.78, 5) is 5.08. The fourth-order valence-corrected chi connectivity index (χ4v) is 4.02. The SMILES string of the molecule is C=C(C)c1cc(-c2ccccc2)c(-c2ccc(C3(N)CCC3)cc2)nc1/C=C\C. The molecule has 0 radical (unpaired) electrons. The number of allylic oxidation sites excluding steroid dienone is 2. The van der Waals surface area contributed by atoms with E-state index in [9.17, 15) is 0 Å². The Morgan fingerprint density at radius 2 is 1.72 bits per heavy atom. The second-order valence-corrected chi connectivity index (χ2v) is 8.05. The van der Waals surface area contributed by atoms with Crippen molar-refractivity contribution >= 4 is 11.6 Å².